The van der Waals surface area contributed by atoms with Gasteiger partial charge in [-0.15, -0.1) is 11.8 Å². The average molecular weight is 261 g/mol. The lowest BCUT2D eigenvalue weighted by molar-refractivity contribution is 0.389. The van der Waals surface area contributed by atoms with E-state index in [2.05, 4.69) is 36.5 Å². The Bertz CT molecular complexity index is 404. The van der Waals surface area contributed by atoms with E-state index in [1.54, 1.807) is 5.56 Å². The first-order valence-electron chi connectivity index (χ1n) is 7.27. The van der Waals surface area contributed by atoms with E-state index in [9.17, 15) is 0 Å². The molecular formula is C16H23NS. The fraction of sp³-hybridized carbons (Fsp3) is 0.625. The van der Waals surface area contributed by atoms with Crippen LogP contribution in [0, 0.1) is 11.8 Å². The van der Waals surface area contributed by atoms with Crippen LogP contribution in [0.25, 0.3) is 0 Å². The van der Waals surface area contributed by atoms with Gasteiger partial charge in [-0.1, -0.05) is 38.0 Å². The monoisotopic (exact) mass is 261 g/mol. The number of benzene rings is 1. The van der Waals surface area contributed by atoms with Gasteiger partial charge in [0.25, 0.3) is 0 Å². The summed E-state index contributed by atoms with van der Waals surface area (Å²) in [5, 5.41) is 3.73. The van der Waals surface area contributed by atoms with Crippen molar-refractivity contribution in [2.45, 2.75) is 37.0 Å². The third-order valence-corrected chi connectivity index (χ3v) is 5.89. The summed E-state index contributed by atoms with van der Waals surface area (Å²) in [7, 11) is 0. The van der Waals surface area contributed by atoms with E-state index >= 15 is 0 Å². The molecule has 1 aromatic rings. The predicted molar refractivity (Wildman–Crippen MR) is 79.3 cm³/mol. The maximum Gasteiger partial charge on any atom is 0.0108 e. The molecule has 0 amide bonds. The smallest absolute Gasteiger partial charge is 0.0108 e. The number of thioether (sulfide) groups is 1. The van der Waals surface area contributed by atoms with Crippen LogP contribution in [-0.4, -0.2) is 18.8 Å². The van der Waals surface area contributed by atoms with Gasteiger partial charge in [-0.2, -0.15) is 0 Å². The van der Waals surface area contributed by atoms with Crippen molar-refractivity contribution >= 4 is 11.8 Å². The third-order valence-electron chi connectivity index (χ3n) is 4.64. The summed E-state index contributed by atoms with van der Waals surface area (Å²) in [6.07, 6.45) is 4.31. The molecule has 3 unspecified atom stereocenters. The lowest BCUT2D eigenvalue weighted by Crippen LogP contribution is -2.28. The van der Waals surface area contributed by atoms with Crippen LogP contribution in [0.4, 0.5) is 0 Å². The summed E-state index contributed by atoms with van der Waals surface area (Å²) in [6.45, 7) is 4.80. The van der Waals surface area contributed by atoms with Crippen LogP contribution >= 0.6 is 11.8 Å². The van der Waals surface area contributed by atoms with E-state index in [0.29, 0.717) is 0 Å². The second-order valence-electron chi connectivity index (χ2n) is 5.87. The van der Waals surface area contributed by atoms with Crippen molar-refractivity contribution in [3.8, 4) is 0 Å². The molecule has 1 N–H and O–H groups in total. The first-order valence-corrected chi connectivity index (χ1v) is 8.25. The number of hydrogen-bond acceptors (Lipinski definition) is 2. The minimum absolute atomic E-state index is 0.725. The fourth-order valence-corrected chi connectivity index (χ4v) is 4.62. The topological polar surface area (TPSA) is 12.0 Å². The number of rotatable bonds is 4. The Hall–Kier alpha value is -0.470. The van der Waals surface area contributed by atoms with Gasteiger partial charge in [-0.3, -0.25) is 0 Å². The molecule has 18 heavy (non-hydrogen) atoms. The van der Waals surface area contributed by atoms with E-state index in [-0.39, 0.29) is 0 Å². The Morgan fingerprint density at radius 3 is 2.94 bits per heavy atom. The second kappa shape index (κ2) is 5.66. The van der Waals surface area contributed by atoms with Gasteiger partial charge in [0.05, 0.1) is 0 Å². The highest BCUT2D eigenvalue weighted by Gasteiger charge is 2.25. The number of nitrogens with one attached hydrogen (secondary N) is 1. The van der Waals surface area contributed by atoms with Gasteiger partial charge in [0.1, 0.15) is 0 Å². The summed E-state index contributed by atoms with van der Waals surface area (Å²) in [6, 6.07) is 8.90. The van der Waals surface area contributed by atoms with Crippen molar-refractivity contribution in [1.29, 1.82) is 0 Å². The molecule has 1 aliphatic carbocycles. The van der Waals surface area contributed by atoms with Gasteiger partial charge in [0.2, 0.25) is 0 Å². The largest absolute Gasteiger partial charge is 0.316 e. The maximum atomic E-state index is 3.73. The van der Waals surface area contributed by atoms with Crippen LogP contribution in [0.2, 0.25) is 0 Å². The van der Waals surface area contributed by atoms with Gasteiger partial charge in [0.15, 0.2) is 0 Å². The molecule has 0 saturated heterocycles. The molecule has 1 aliphatic heterocycles. The third kappa shape index (κ3) is 2.60. The van der Waals surface area contributed by atoms with Gasteiger partial charge < -0.3 is 5.32 Å². The molecule has 0 radical (unpaired) electrons. The molecule has 1 saturated carbocycles. The highest BCUT2D eigenvalue weighted by molar-refractivity contribution is 7.99. The molecule has 98 valence electrons. The zero-order valence-corrected chi connectivity index (χ0v) is 12.0. The van der Waals surface area contributed by atoms with Crippen molar-refractivity contribution in [3.05, 3.63) is 29.8 Å². The molecule has 0 bridgehead atoms. The van der Waals surface area contributed by atoms with Crippen molar-refractivity contribution in [2.24, 2.45) is 11.8 Å². The Morgan fingerprint density at radius 2 is 2.11 bits per heavy atom. The molecule has 3 atom stereocenters. The van der Waals surface area contributed by atoms with Gasteiger partial charge in [-0.25, -0.2) is 0 Å². The van der Waals surface area contributed by atoms with Crippen LogP contribution < -0.4 is 5.32 Å². The summed E-state index contributed by atoms with van der Waals surface area (Å²) in [4.78, 5) is 1.50. The van der Waals surface area contributed by atoms with Crippen LogP contribution in [0.3, 0.4) is 0 Å². The molecule has 1 heterocycles. The zero-order chi connectivity index (χ0) is 12.4. The average Bonchev–Trinajstić information content (AvgIpc) is 2.97. The molecular weight excluding hydrogens is 238 g/mol. The molecule has 0 spiro atoms. The molecule has 3 rings (SSSR count). The number of hydrogen-bond donors (Lipinski definition) is 1. The van der Waals surface area contributed by atoms with Gasteiger partial charge in [0, 0.05) is 23.1 Å². The quantitative estimate of drug-likeness (QED) is 0.882. The summed E-state index contributed by atoms with van der Waals surface area (Å²) >= 11 is 2.02. The second-order valence-corrected chi connectivity index (χ2v) is 6.93. The van der Waals surface area contributed by atoms with Crippen LogP contribution in [0.1, 0.15) is 37.7 Å². The standard InChI is InChI=1S/C16H23NS/c1-12-5-4-6-13(12)9-17-10-14-11-18-16-8-3-2-7-15(14)16/h2-3,7-8,12-14,17H,4-6,9-11H2,1H3. The van der Waals surface area contributed by atoms with Crippen LogP contribution in [-0.2, 0) is 0 Å². The maximum absolute atomic E-state index is 3.73. The van der Waals surface area contributed by atoms with Crippen LogP contribution in [0.15, 0.2) is 29.2 Å². The predicted octanol–water partition coefficient (Wildman–Crippen LogP) is 3.90. The van der Waals surface area contributed by atoms with Crippen LogP contribution in [0.5, 0.6) is 0 Å². The normalized spacial score (nSPS) is 30.6. The Kier molecular flexibility index (Phi) is 3.95. The first-order chi connectivity index (χ1) is 8.84. The summed E-state index contributed by atoms with van der Waals surface area (Å²) in [5.41, 5.74) is 1.56. The summed E-state index contributed by atoms with van der Waals surface area (Å²) < 4.78 is 0. The molecule has 1 fully saturated rings. The SMILES string of the molecule is CC1CCCC1CNCC1CSc2ccccc21. The van der Waals surface area contributed by atoms with Gasteiger partial charge in [-0.05, 0) is 36.4 Å². The van der Waals surface area contributed by atoms with Gasteiger partial charge >= 0.3 is 0 Å². The Labute approximate surface area is 115 Å². The van der Waals surface area contributed by atoms with Crippen molar-refractivity contribution in [2.75, 3.05) is 18.8 Å². The molecule has 2 aliphatic rings. The highest BCUT2D eigenvalue weighted by Crippen LogP contribution is 2.39. The Morgan fingerprint density at radius 1 is 1.22 bits per heavy atom. The van der Waals surface area contributed by atoms with Crippen molar-refractivity contribution in [3.63, 3.8) is 0 Å². The lowest BCUT2D eigenvalue weighted by atomic mass is 9.97. The van der Waals surface area contributed by atoms with E-state index < -0.39 is 0 Å². The van der Waals surface area contributed by atoms with E-state index in [1.165, 1.54) is 36.5 Å². The van der Waals surface area contributed by atoms with E-state index in [1.807, 2.05) is 11.8 Å². The van der Waals surface area contributed by atoms with E-state index in [0.717, 1.165) is 24.3 Å². The highest BCUT2D eigenvalue weighted by atomic mass is 32.2. The zero-order valence-electron chi connectivity index (χ0n) is 11.2. The molecule has 1 nitrogen and oxygen atoms in total. The lowest BCUT2D eigenvalue weighted by Gasteiger charge is -2.18. The summed E-state index contributed by atoms with van der Waals surface area (Å²) in [5.74, 6) is 3.84. The number of fused-ring (bicyclic) bond motifs is 1. The minimum atomic E-state index is 0.725. The Balaban J connectivity index is 1.50. The van der Waals surface area contributed by atoms with Crippen molar-refractivity contribution < 1.29 is 0 Å². The first kappa shape index (κ1) is 12.6. The minimum Gasteiger partial charge on any atom is -0.316 e. The molecule has 1 aromatic carbocycles. The van der Waals surface area contributed by atoms with Crippen molar-refractivity contribution in [1.82, 2.24) is 5.32 Å². The molecule has 2 heteroatoms. The van der Waals surface area contributed by atoms with E-state index in [4.69, 9.17) is 0 Å². The fourth-order valence-electron chi connectivity index (χ4n) is 3.37. The molecule has 0 aromatic heterocycles.